The summed E-state index contributed by atoms with van der Waals surface area (Å²) in [6.07, 6.45) is 6.28. The van der Waals surface area contributed by atoms with E-state index in [0.717, 1.165) is 30.8 Å². The Hall–Kier alpha value is -1.63. The summed E-state index contributed by atoms with van der Waals surface area (Å²) in [7, 11) is 1.68. The maximum atomic E-state index is 5.59. The van der Waals surface area contributed by atoms with Gasteiger partial charge in [-0.15, -0.1) is 11.3 Å². The van der Waals surface area contributed by atoms with E-state index in [4.69, 9.17) is 17.0 Å². The van der Waals surface area contributed by atoms with Crippen molar-refractivity contribution in [3.8, 4) is 5.75 Å². The van der Waals surface area contributed by atoms with Gasteiger partial charge in [-0.25, -0.2) is 0 Å². The quantitative estimate of drug-likeness (QED) is 0.715. The van der Waals surface area contributed by atoms with Gasteiger partial charge in [-0.05, 0) is 61.5 Å². The van der Waals surface area contributed by atoms with Crippen LogP contribution in [0.25, 0.3) is 0 Å². The number of nitrogens with one attached hydrogen (secondary N) is 2. The number of nitrogens with zero attached hydrogens (tertiary/aromatic N) is 1. The molecule has 3 atom stereocenters. The van der Waals surface area contributed by atoms with Gasteiger partial charge in [0.15, 0.2) is 5.11 Å². The third-order valence-corrected chi connectivity index (χ3v) is 6.82. The second kappa shape index (κ2) is 8.59. The third-order valence-electron chi connectivity index (χ3n) is 5.73. The van der Waals surface area contributed by atoms with Gasteiger partial charge in [0.1, 0.15) is 5.75 Å². The molecule has 4 nitrogen and oxygen atoms in total. The third kappa shape index (κ3) is 4.45. The highest BCUT2D eigenvalue weighted by Crippen LogP contribution is 2.36. The van der Waals surface area contributed by atoms with Crippen LogP contribution < -0.4 is 15.4 Å². The fraction of sp³-hybridized carbons (Fsp3) is 0.476. The maximum Gasteiger partial charge on any atom is 0.171 e. The monoisotopic (exact) mass is 401 g/mol. The first-order chi connectivity index (χ1) is 13.2. The second-order valence-corrected chi connectivity index (χ2v) is 8.90. The molecule has 27 heavy (non-hydrogen) atoms. The van der Waals surface area contributed by atoms with Crippen LogP contribution in [0.5, 0.6) is 5.75 Å². The zero-order valence-corrected chi connectivity index (χ0v) is 17.3. The van der Waals surface area contributed by atoms with E-state index in [0.29, 0.717) is 23.2 Å². The number of anilines is 1. The second-order valence-electron chi connectivity index (χ2n) is 7.46. The van der Waals surface area contributed by atoms with E-state index in [1.165, 1.54) is 24.1 Å². The van der Waals surface area contributed by atoms with Crippen molar-refractivity contribution in [2.24, 2.45) is 0 Å². The van der Waals surface area contributed by atoms with Crippen molar-refractivity contribution in [1.29, 1.82) is 0 Å². The van der Waals surface area contributed by atoms with Crippen LogP contribution >= 0.6 is 23.6 Å². The summed E-state index contributed by atoms with van der Waals surface area (Å²) in [6, 6.07) is 14.1. The fourth-order valence-electron chi connectivity index (χ4n) is 4.53. The molecule has 0 spiro atoms. The molecule has 0 aliphatic carbocycles. The van der Waals surface area contributed by atoms with Crippen LogP contribution in [0.15, 0.2) is 41.8 Å². The van der Waals surface area contributed by atoms with E-state index in [1.807, 2.05) is 35.6 Å². The molecule has 1 aromatic heterocycles. The molecule has 1 aromatic carbocycles. The summed E-state index contributed by atoms with van der Waals surface area (Å²) < 4.78 is 5.41. The van der Waals surface area contributed by atoms with Crippen molar-refractivity contribution in [3.05, 3.63) is 46.7 Å². The Morgan fingerprint density at radius 1 is 1.19 bits per heavy atom. The molecule has 144 valence electrons. The molecule has 0 radical (unpaired) electrons. The first kappa shape index (κ1) is 18.7. The Balaban J connectivity index is 1.36. The van der Waals surface area contributed by atoms with E-state index >= 15 is 0 Å². The Morgan fingerprint density at radius 2 is 1.96 bits per heavy atom. The van der Waals surface area contributed by atoms with Crippen LogP contribution in [0.4, 0.5) is 5.69 Å². The van der Waals surface area contributed by atoms with Crippen LogP contribution in [-0.4, -0.2) is 35.2 Å². The smallest absolute Gasteiger partial charge is 0.171 e. The van der Waals surface area contributed by atoms with Gasteiger partial charge in [-0.2, -0.15) is 0 Å². The number of thiocarbonyl (C=S) groups is 1. The molecular formula is C21H27N3OS2. The van der Waals surface area contributed by atoms with Crippen molar-refractivity contribution in [3.63, 3.8) is 0 Å². The number of hydrogen-bond donors (Lipinski definition) is 2. The minimum atomic E-state index is 0.439. The van der Waals surface area contributed by atoms with Crippen molar-refractivity contribution in [1.82, 2.24) is 10.2 Å². The summed E-state index contributed by atoms with van der Waals surface area (Å²) in [5.74, 6) is 0.810. The number of fused-ring (bicyclic) bond motifs is 2. The normalized spacial score (nSPS) is 25.0. The van der Waals surface area contributed by atoms with Crippen LogP contribution in [0.1, 0.15) is 37.0 Å². The summed E-state index contributed by atoms with van der Waals surface area (Å²) in [5, 5.41) is 9.74. The van der Waals surface area contributed by atoms with Crippen LogP contribution in [-0.2, 0) is 6.54 Å². The predicted molar refractivity (Wildman–Crippen MR) is 117 cm³/mol. The van der Waals surface area contributed by atoms with Gasteiger partial charge < -0.3 is 15.4 Å². The van der Waals surface area contributed by atoms with Gasteiger partial charge in [-0.1, -0.05) is 24.6 Å². The van der Waals surface area contributed by atoms with Gasteiger partial charge in [0.05, 0.1) is 12.8 Å². The highest BCUT2D eigenvalue weighted by atomic mass is 32.1. The molecule has 4 rings (SSSR count). The van der Waals surface area contributed by atoms with Gasteiger partial charge in [-0.3, -0.25) is 4.90 Å². The average molecular weight is 402 g/mol. The summed E-state index contributed by atoms with van der Waals surface area (Å²) in [5.41, 5.74) is 0.910. The molecule has 6 heteroatoms. The number of piperidine rings is 2. The molecule has 2 aliphatic rings. The van der Waals surface area contributed by atoms with Crippen molar-refractivity contribution in [2.75, 3.05) is 12.4 Å². The van der Waals surface area contributed by atoms with Crippen molar-refractivity contribution < 1.29 is 4.74 Å². The van der Waals surface area contributed by atoms with Crippen LogP contribution in [0.3, 0.4) is 0 Å². The molecule has 2 aromatic rings. The molecule has 1 unspecified atom stereocenters. The van der Waals surface area contributed by atoms with Crippen molar-refractivity contribution >= 4 is 34.4 Å². The Labute approximate surface area is 170 Å². The molecule has 2 aliphatic heterocycles. The molecule has 0 amide bonds. The number of para-hydroxylation sites is 2. The molecule has 3 heterocycles. The zero-order chi connectivity index (χ0) is 18.6. The van der Waals surface area contributed by atoms with E-state index < -0.39 is 0 Å². The first-order valence-electron chi connectivity index (χ1n) is 9.71. The lowest BCUT2D eigenvalue weighted by Crippen LogP contribution is -2.56. The Morgan fingerprint density at radius 3 is 2.67 bits per heavy atom. The highest BCUT2D eigenvalue weighted by molar-refractivity contribution is 7.80. The van der Waals surface area contributed by atoms with E-state index in [2.05, 4.69) is 33.0 Å². The zero-order valence-electron chi connectivity index (χ0n) is 15.7. The maximum absolute atomic E-state index is 5.59. The summed E-state index contributed by atoms with van der Waals surface area (Å²) in [6.45, 7) is 1.10. The number of thiophene rings is 1. The minimum Gasteiger partial charge on any atom is -0.495 e. The van der Waals surface area contributed by atoms with Gasteiger partial charge in [0, 0.05) is 29.5 Å². The molecule has 2 bridgehead atoms. The topological polar surface area (TPSA) is 36.5 Å². The largest absolute Gasteiger partial charge is 0.495 e. The van der Waals surface area contributed by atoms with Crippen LogP contribution in [0.2, 0.25) is 0 Å². The fourth-order valence-corrected chi connectivity index (χ4v) is 5.52. The predicted octanol–water partition coefficient (Wildman–Crippen LogP) is 4.63. The standard InChI is InChI=1S/C21H27N3OS2/c1-25-20-10-3-2-9-19(20)23-21(26)22-15-12-16-6-4-7-17(13-15)24(16)14-18-8-5-11-27-18/h2-3,5,8-11,15-17H,4,6-7,12-14H2,1H3,(H2,22,23,26)/t15?,16-,17+. The molecule has 2 saturated heterocycles. The number of methoxy groups -OCH3 is 1. The highest BCUT2D eigenvalue weighted by Gasteiger charge is 2.38. The average Bonchev–Trinajstić information content (AvgIpc) is 3.16. The SMILES string of the molecule is COc1ccccc1NC(=S)NC1C[C@H]2CCC[C@@H](C1)N2Cc1cccs1. The molecular weight excluding hydrogens is 374 g/mol. The Bertz CT molecular complexity index is 751. The van der Waals surface area contributed by atoms with Gasteiger partial charge in [0.2, 0.25) is 0 Å². The summed E-state index contributed by atoms with van der Waals surface area (Å²) >= 11 is 7.46. The Kier molecular flexibility index (Phi) is 5.95. The van der Waals surface area contributed by atoms with Gasteiger partial charge in [0.25, 0.3) is 0 Å². The number of benzene rings is 1. The van der Waals surface area contributed by atoms with E-state index in [1.54, 1.807) is 7.11 Å². The number of hydrogen-bond acceptors (Lipinski definition) is 4. The lowest BCUT2D eigenvalue weighted by Gasteiger charge is -2.49. The summed E-state index contributed by atoms with van der Waals surface area (Å²) in [4.78, 5) is 4.22. The lowest BCUT2D eigenvalue weighted by atomic mass is 9.81. The molecule has 0 saturated carbocycles. The molecule has 2 N–H and O–H groups in total. The lowest BCUT2D eigenvalue weighted by molar-refractivity contribution is 0.0220. The number of ether oxygens (including phenoxy) is 1. The number of rotatable bonds is 5. The van der Waals surface area contributed by atoms with Crippen molar-refractivity contribution in [2.45, 2.75) is 56.8 Å². The molecule has 2 fully saturated rings. The minimum absolute atomic E-state index is 0.439. The first-order valence-corrected chi connectivity index (χ1v) is 11.0. The van der Waals surface area contributed by atoms with E-state index in [9.17, 15) is 0 Å². The van der Waals surface area contributed by atoms with E-state index in [-0.39, 0.29) is 0 Å². The van der Waals surface area contributed by atoms with Crippen LogP contribution in [0, 0.1) is 0 Å². The van der Waals surface area contributed by atoms with Gasteiger partial charge >= 0.3 is 0 Å².